The average molecular weight is 537 g/mol. The average Bonchev–Trinajstić information content (AvgIpc) is 3.58. The Morgan fingerprint density at radius 2 is 1.05 bits per heavy atom. The molecule has 0 atom stereocenters. The Hall–Kier alpha value is -5.74. The van der Waals surface area contributed by atoms with Crippen molar-refractivity contribution in [2.45, 2.75) is 0 Å². The second kappa shape index (κ2) is 8.88. The lowest BCUT2D eigenvalue weighted by molar-refractivity contribution is 0.952. The highest BCUT2D eigenvalue weighted by molar-refractivity contribution is 6.21. The zero-order valence-electron chi connectivity index (χ0n) is 22.6. The molecule has 6 aromatic carbocycles. The smallest absolute Gasteiger partial charge is 0.238 e. The van der Waals surface area contributed by atoms with E-state index in [1.165, 1.54) is 21.5 Å². The predicted molar refractivity (Wildman–Crippen MR) is 173 cm³/mol. The van der Waals surface area contributed by atoms with Crippen LogP contribution < -0.4 is 0 Å². The summed E-state index contributed by atoms with van der Waals surface area (Å²) >= 11 is 0. The van der Waals surface area contributed by atoms with Gasteiger partial charge < -0.3 is 0 Å². The maximum absolute atomic E-state index is 5.39. The summed E-state index contributed by atoms with van der Waals surface area (Å²) in [6.07, 6.45) is 0. The van der Waals surface area contributed by atoms with E-state index >= 15 is 0 Å². The summed E-state index contributed by atoms with van der Waals surface area (Å²) in [5.74, 6) is 1.52. The molecule has 0 N–H and O–H groups in total. The molecule has 0 saturated heterocycles. The molecule has 3 aromatic heterocycles. The highest BCUT2D eigenvalue weighted by atomic mass is 15.2. The highest BCUT2D eigenvalue weighted by Crippen LogP contribution is 2.39. The highest BCUT2D eigenvalue weighted by Gasteiger charge is 2.23. The molecule has 0 aliphatic rings. The molecule has 0 unspecified atom stereocenters. The molecule has 0 aliphatic heterocycles. The van der Waals surface area contributed by atoms with Crippen molar-refractivity contribution in [1.29, 1.82) is 0 Å². The molecule has 0 spiro atoms. The van der Waals surface area contributed by atoms with Crippen molar-refractivity contribution >= 4 is 49.0 Å². The molecule has 196 valence electrons. The van der Waals surface area contributed by atoms with Crippen molar-refractivity contribution in [2.75, 3.05) is 0 Å². The lowest BCUT2D eigenvalue weighted by Gasteiger charge is -2.13. The molecule has 0 fully saturated rings. The van der Waals surface area contributed by atoms with Crippen LogP contribution in [0.1, 0.15) is 0 Å². The van der Waals surface area contributed by atoms with Gasteiger partial charge in [-0.2, -0.15) is 9.97 Å². The Bertz CT molecular complexity index is 2450. The molecule has 42 heavy (non-hydrogen) atoms. The number of hydrogen-bond acceptors (Lipinski definition) is 2. The van der Waals surface area contributed by atoms with Gasteiger partial charge in [0.05, 0.1) is 16.7 Å². The molecular formula is C38H24N4. The number of para-hydroxylation sites is 1. The number of benzene rings is 6. The van der Waals surface area contributed by atoms with Gasteiger partial charge in [0, 0.05) is 27.1 Å². The van der Waals surface area contributed by atoms with Crippen LogP contribution in [0.3, 0.4) is 0 Å². The Kier molecular flexibility index (Phi) is 4.87. The van der Waals surface area contributed by atoms with Crippen molar-refractivity contribution in [3.63, 3.8) is 0 Å². The fraction of sp³-hybridized carbons (Fsp3) is 0. The second-order valence-corrected chi connectivity index (χ2v) is 10.7. The molecule has 3 heterocycles. The van der Waals surface area contributed by atoms with E-state index in [4.69, 9.17) is 9.97 Å². The second-order valence-electron chi connectivity index (χ2n) is 10.7. The fourth-order valence-corrected chi connectivity index (χ4v) is 6.53. The minimum atomic E-state index is 0.658. The minimum absolute atomic E-state index is 0.658. The lowest BCUT2D eigenvalue weighted by Crippen LogP contribution is -2.07. The van der Waals surface area contributed by atoms with Gasteiger partial charge in [0.15, 0.2) is 5.65 Å². The topological polar surface area (TPSA) is 35.1 Å². The standard InChI is InChI=1S/C38H24N4/c1-3-14-26(15-4-1)35-29-19-9-10-20-30(29)37-40-38(39-36(42(35)37)27-16-5-2-6-17-27)41-32-22-12-11-21-31(32)34-28-18-8-7-13-25(28)23-24-33(34)41/h1-24H. The van der Waals surface area contributed by atoms with Crippen molar-refractivity contribution in [2.24, 2.45) is 0 Å². The van der Waals surface area contributed by atoms with E-state index in [0.29, 0.717) is 5.95 Å². The number of rotatable bonds is 3. The molecule has 4 heteroatoms. The summed E-state index contributed by atoms with van der Waals surface area (Å²) in [6.45, 7) is 0. The number of nitrogens with zero attached hydrogens (tertiary/aromatic N) is 4. The predicted octanol–water partition coefficient (Wildman–Crippen LogP) is 9.47. The van der Waals surface area contributed by atoms with E-state index in [1.807, 2.05) is 6.07 Å². The van der Waals surface area contributed by atoms with Crippen LogP contribution in [0.15, 0.2) is 146 Å². The van der Waals surface area contributed by atoms with Gasteiger partial charge >= 0.3 is 0 Å². The van der Waals surface area contributed by atoms with Crippen LogP contribution in [0.25, 0.3) is 77.6 Å². The van der Waals surface area contributed by atoms with Crippen LogP contribution in [0.5, 0.6) is 0 Å². The van der Waals surface area contributed by atoms with Crippen LogP contribution in [-0.2, 0) is 0 Å². The van der Waals surface area contributed by atoms with Gasteiger partial charge in [0.25, 0.3) is 0 Å². The fourth-order valence-electron chi connectivity index (χ4n) is 6.53. The first-order valence-electron chi connectivity index (χ1n) is 14.2. The zero-order valence-corrected chi connectivity index (χ0v) is 22.6. The largest absolute Gasteiger partial charge is 0.278 e. The Morgan fingerprint density at radius 3 is 1.83 bits per heavy atom. The molecule has 0 radical (unpaired) electrons. The summed E-state index contributed by atoms with van der Waals surface area (Å²) in [4.78, 5) is 10.8. The van der Waals surface area contributed by atoms with Crippen molar-refractivity contribution < 1.29 is 0 Å². The van der Waals surface area contributed by atoms with Gasteiger partial charge in [-0.3, -0.25) is 8.97 Å². The molecule has 9 aromatic rings. The van der Waals surface area contributed by atoms with Crippen LogP contribution >= 0.6 is 0 Å². The normalized spacial score (nSPS) is 11.8. The Balaban J connectivity index is 1.48. The maximum Gasteiger partial charge on any atom is 0.238 e. The Labute approximate surface area is 241 Å². The minimum Gasteiger partial charge on any atom is -0.278 e. The van der Waals surface area contributed by atoms with Crippen molar-refractivity contribution in [3.8, 4) is 28.6 Å². The molecule has 0 saturated carbocycles. The summed E-state index contributed by atoms with van der Waals surface area (Å²) in [5.41, 5.74) is 6.34. The monoisotopic (exact) mass is 536 g/mol. The molecule has 9 rings (SSSR count). The summed E-state index contributed by atoms with van der Waals surface area (Å²) in [6, 6.07) is 51.1. The number of hydrogen-bond donors (Lipinski definition) is 0. The van der Waals surface area contributed by atoms with Gasteiger partial charge in [-0.05, 0) is 28.5 Å². The first kappa shape index (κ1) is 23.0. The molecule has 0 bridgehead atoms. The van der Waals surface area contributed by atoms with Crippen molar-refractivity contribution in [3.05, 3.63) is 146 Å². The third kappa shape index (κ3) is 3.23. The van der Waals surface area contributed by atoms with E-state index < -0.39 is 0 Å². The molecular weight excluding hydrogens is 512 g/mol. The maximum atomic E-state index is 5.39. The third-order valence-electron chi connectivity index (χ3n) is 8.32. The Morgan fingerprint density at radius 1 is 0.429 bits per heavy atom. The molecule has 0 amide bonds. The van der Waals surface area contributed by atoms with Gasteiger partial charge in [0.1, 0.15) is 5.82 Å². The van der Waals surface area contributed by atoms with Crippen LogP contribution in [-0.4, -0.2) is 18.9 Å². The number of fused-ring (bicyclic) bond motifs is 8. The first-order chi connectivity index (χ1) is 20.9. The third-order valence-corrected chi connectivity index (χ3v) is 8.32. The SMILES string of the molecule is c1ccc(-c2nc(-n3c4ccccc4c4c5ccccc5ccc43)nc3c4ccccc4c(-c4ccccc4)n23)cc1. The van der Waals surface area contributed by atoms with Crippen LogP contribution in [0, 0.1) is 0 Å². The first-order valence-corrected chi connectivity index (χ1v) is 14.2. The molecule has 4 nitrogen and oxygen atoms in total. The van der Waals surface area contributed by atoms with Crippen molar-refractivity contribution in [1.82, 2.24) is 18.9 Å². The number of aromatic nitrogens is 4. The summed E-state index contributed by atoms with van der Waals surface area (Å²) < 4.78 is 4.47. The van der Waals surface area contributed by atoms with Gasteiger partial charge in [-0.25, -0.2) is 0 Å². The van der Waals surface area contributed by atoms with E-state index in [0.717, 1.165) is 50.1 Å². The van der Waals surface area contributed by atoms with E-state index in [1.54, 1.807) is 0 Å². The lowest BCUT2D eigenvalue weighted by atomic mass is 10.0. The van der Waals surface area contributed by atoms with E-state index in [-0.39, 0.29) is 0 Å². The summed E-state index contributed by atoms with van der Waals surface area (Å²) in [7, 11) is 0. The summed E-state index contributed by atoms with van der Waals surface area (Å²) in [5, 5.41) is 7.12. The quantitative estimate of drug-likeness (QED) is 0.225. The molecule has 0 aliphatic carbocycles. The van der Waals surface area contributed by atoms with E-state index in [9.17, 15) is 0 Å². The van der Waals surface area contributed by atoms with Gasteiger partial charge in [-0.1, -0.05) is 133 Å². The zero-order chi connectivity index (χ0) is 27.6. The van der Waals surface area contributed by atoms with Gasteiger partial charge in [0.2, 0.25) is 5.95 Å². The van der Waals surface area contributed by atoms with Crippen LogP contribution in [0.2, 0.25) is 0 Å². The van der Waals surface area contributed by atoms with Crippen LogP contribution in [0.4, 0.5) is 0 Å². The van der Waals surface area contributed by atoms with Gasteiger partial charge in [-0.15, -0.1) is 0 Å². The van der Waals surface area contributed by atoms with E-state index in [2.05, 4.69) is 148 Å².